The molecule has 2 aliphatic rings. The van der Waals surface area contributed by atoms with Crippen LogP contribution in [-0.4, -0.2) is 20.0 Å². The molecular formula is C27H24Cl2N2O3. The van der Waals surface area contributed by atoms with E-state index in [1.807, 2.05) is 48.5 Å². The van der Waals surface area contributed by atoms with E-state index < -0.39 is 6.04 Å². The Bertz CT molecular complexity index is 1280. The Morgan fingerprint density at radius 3 is 2.26 bits per heavy atom. The summed E-state index contributed by atoms with van der Waals surface area (Å²) in [6.07, 6.45) is 1.03. The molecule has 0 saturated carbocycles. The molecule has 5 rings (SSSR count). The highest BCUT2D eigenvalue weighted by Gasteiger charge is 2.37. The number of carbonyl (C=O) groups is 1. The minimum Gasteiger partial charge on any atom is -0.493 e. The first kappa shape index (κ1) is 22.6. The fraction of sp³-hybridized carbons (Fsp3) is 0.222. The number of para-hydroxylation sites is 2. The third-order valence-corrected chi connectivity index (χ3v) is 7.14. The number of carbonyl (C=O) groups excluding carboxylic acids is 1. The molecule has 1 aliphatic carbocycles. The number of allylic oxidation sites excluding steroid dienone is 1. The van der Waals surface area contributed by atoms with Crippen LogP contribution in [0.3, 0.4) is 0 Å². The summed E-state index contributed by atoms with van der Waals surface area (Å²) >= 11 is 13.2. The van der Waals surface area contributed by atoms with E-state index in [4.69, 9.17) is 32.7 Å². The maximum atomic E-state index is 13.7. The summed E-state index contributed by atoms with van der Waals surface area (Å²) < 4.78 is 10.9. The molecule has 0 bridgehead atoms. The first-order valence-electron chi connectivity index (χ1n) is 11.0. The fourth-order valence-electron chi connectivity index (χ4n) is 4.84. The summed E-state index contributed by atoms with van der Waals surface area (Å²) in [5.74, 6) is 1.35. The number of methoxy groups -OCH3 is 2. The topological polar surface area (TPSA) is 59.6 Å². The van der Waals surface area contributed by atoms with Gasteiger partial charge in [0.15, 0.2) is 17.3 Å². The number of hydrogen-bond acceptors (Lipinski definition) is 5. The largest absolute Gasteiger partial charge is 0.493 e. The van der Waals surface area contributed by atoms with E-state index >= 15 is 0 Å². The van der Waals surface area contributed by atoms with Crippen LogP contribution in [0.5, 0.6) is 11.5 Å². The Labute approximate surface area is 208 Å². The molecule has 34 heavy (non-hydrogen) atoms. The molecule has 1 heterocycles. The first-order valence-corrected chi connectivity index (χ1v) is 11.8. The molecule has 2 unspecified atom stereocenters. The van der Waals surface area contributed by atoms with E-state index in [1.165, 1.54) is 0 Å². The van der Waals surface area contributed by atoms with Gasteiger partial charge in [0.2, 0.25) is 0 Å². The van der Waals surface area contributed by atoms with Gasteiger partial charge in [-0.05, 0) is 54.3 Å². The van der Waals surface area contributed by atoms with Gasteiger partial charge in [-0.3, -0.25) is 4.79 Å². The van der Waals surface area contributed by atoms with Crippen LogP contribution in [0, 0.1) is 0 Å². The molecule has 0 radical (unpaired) electrons. The number of benzene rings is 3. The molecule has 174 valence electrons. The lowest BCUT2D eigenvalue weighted by Gasteiger charge is -2.30. The van der Waals surface area contributed by atoms with E-state index in [0.29, 0.717) is 45.5 Å². The average Bonchev–Trinajstić information content (AvgIpc) is 3.00. The van der Waals surface area contributed by atoms with Crippen LogP contribution in [0.1, 0.15) is 35.9 Å². The Morgan fingerprint density at radius 2 is 1.56 bits per heavy atom. The number of hydrogen-bond donors (Lipinski definition) is 2. The van der Waals surface area contributed by atoms with Gasteiger partial charge in [-0.15, -0.1) is 0 Å². The van der Waals surface area contributed by atoms with Crippen LogP contribution in [-0.2, 0) is 4.79 Å². The average molecular weight is 495 g/mol. The van der Waals surface area contributed by atoms with Crippen molar-refractivity contribution in [2.75, 3.05) is 24.9 Å². The highest BCUT2D eigenvalue weighted by atomic mass is 35.5. The zero-order chi connectivity index (χ0) is 23.8. The van der Waals surface area contributed by atoms with Gasteiger partial charge in [0, 0.05) is 33.3 Å². The van der Waals surface area contributed by atoms with Crippen molar-refractivity contribution in [3.05, 3.63) is 93.1 Å². The van der Waals surface area contributed by atoms with Crippen LogP contribution in [0.4, 0.5) is 11.4 Å². The second kappa shape index (κ2) is 9.24. The molecule has 0 amide bonds. The third kappa shape index (κ3) is 3.99. The van der Waals surface area contributed by atoms with Gasteiger partial charge in [-0.2, -0.15) is 0 Å². The highest BCUT2D eigenvalue weighted by Crippen LogP contribution is 2.47. The summed E-state index contributed by atoms with van der Waals surface area (Å²) in [6, 6.07) is 18.7. The van der Waals surface area contributed by atoms with Gasteiger partial charge in [0.1, 0.15) is 0 Å². The van der Waals surface area contributed by atoms with Gasteiger partial charge in [0.25, 0.3) is 0 Å². The number of ketones is 1. The van der Waals surface area contributed by atoms with Gasteiger partial charge in [-0.1, -0.05) is 47.5 Å². The lowest BCUT2D eigenvalue weighted by molar-refractivity contribution is -0.116. The molecule has 5 nitrogen and oxygen atoms in total. The molecule has 1 aliphatic heterocycles. The van der Waals surface area contributed by atoms with Crippen LogP contribution in [0.25, 0.3) is 0 Å². The zero-order valence-electron chi connectivity index (χ0n) is 18.8. The summed E-state index contributed by atoms with van der Waals surface area (Å²) in [6.45, 7) is 0. The molecule has 0 aromatic heterocycles. The number of fused-ring (bicyclic) bond motifs is 1. The van der Waals surface area contributed by atoms with E-state index in [0.717, 1.165) is 22.6 Å². The Balaban J connectivity index is 1.62. The molecule has 0 saturated heterocycles. The number of ether oxygens (including phenoxy) is 2. The van der Waals surface area contributed by atoms with E-state index in [1.54, 1.807) is 26.4 Å². The minimum absolute atomic E-state index is 0.00816. The Hall–Kier alpha value is -3.15. The third-order valence-electron chi connectivity index (χ3n) is 6.48. The highest BCUT2D eigenvalue weighted by molar-refractivity contribution is 6.36. The SMILES string of the molecule is COc1ccc(C2CC(=O)C3=C(C2)Nc2ccccc2NC3c2c(Cl)cccc2Cl)cc1OC. The molecule has 2 atom stereocenters. The zero-order valence-corrected chi connectivity index (χ0v) is 20.3. The minimum atomic E-state index is -0.466. The van der Waals surface area contributed by atoms with E-state index in [9.17, 15) is 4.79 Å². The molecule has 7 heteroatoms. The maximum Gasteiger partial charge on any atom is 0.163 e. The summed E-state index contributed by atoms with van der Waals surface area (Å²) in [4.78, 5) is 13.7. The standard InChI is InChI=1S/C27H24Cl2N2O3/c1-33-23-11-10-15(14-24(23)34-2)16-12-21-26(22(32)13-16)27(25-17(28)6-5-7-18(25)29)31-20-9-4-3-8-19(20)30-21/h3-11,14,16,27,30-31H,12-13H2,1-2H3. The smallest absolute Gasteiger partial charge is 0.163 e. The summed E-state index contributed by atoms with van der Waals surface area (Å²) in [5.41, 5.74) is 5.05. The van der Waals surface area contributed by atoms with Crippen LogP contribution in [0.15, 0.2) is 71.9 Å². The number of anilines is 2. The molecule has 3 aromatic rings. The number of Topliss-reactive ketones (excluding diaryl/α,β-unsaturated/α-hetero) is 1. The summed E-state index contributed by atoms with van der Waals surface area (Å²) in [5, 5.41) is 8.10. The van der Waals surface area contributed by atoms with E-state index in [2.05, 4.69) is 10.6 Å². The van der Waals surface area contributed by atoms with Gasteiger partial charge >= 0.3 is 0 Å². The Morgan fingerprint density at radius 1 is 0.853 bits per heavy atom. The fourth-order valence-corrected chi connectivity index (χ4v) is 5.45. The summed E-state index contributed by atoms with van der Waals surface area (Å²) in [7, 11) is 3.22. The van der Waals surface area contributed by atoms with Crippen molar-refractivity contribution in [2.24, 2.45) is 0 Å². The molecule has 0 fully saturated rings. The first-order chi connectivity index (χ1) is 16.5. The molecular weight excluding hydrogens is 471 g/mol. The number of rotatable bonds is 4. The van der Waals surface area contributed by atoms with Crippen molar-refractivity contribution in [1.29, 1.82) is 0 Å². The van der Waals surface area contributed by atoms with Crippen LogP contribution in [0.2, 0.25) is 10.0 Å². The lowest BCUT2D eigenvalue weighted by Crippen LogP contribution is -2.27. The van der Waals surface area contributed by atoms with Crippen molar-refractivity contribution in [3.8, 4) is 11.5 Å². The monoisotopic (exact) mass is 494 g/mol. The van der Waals surface area contributed by atoms with Crippen molar-refractivity contribution in [2.45, 2.75) is 24.8 Å². The van der Waals surface area contributed by atoms with Crippen molar-refractivity contribution in [1.82, 2.24) is 0 Å². The second-order valence-electron chi connectivity index (χ2n) is 8.42. The van der Waals surface area contributed by atoms with Crippen molar-refractivity contribution >= 4 is 40.4 Å². The van der Waals surface area contributed by atoms with Gasteiger partial charge in [0.05, 0.1) is 31.6 Å². The predicted molar refractivity (Wildman–Crippen MR) is 136 cm³/mol. The number of halogens is 2. The molecule has 3 aromatic carbocycles. The maximum absolute atomic E-state index is 13.7. The predicted octanol–water partition coefficient (Wildman–Crippen LogP) is 6.99. The van der Waals surface area contributed by atoms with Crippen LogP contribution >= 0.6 is 23.2 Å². The second-order valence-corrected chi connectivity index (χ2v) is 9.23. The lowest BCUT2D eigenvalue weighted by atomic mass is 9.78. The Kier molecular flexibility index (Phi) is 6.15. The van der Waals surface area contributed by atoms with Crippen molar-refractivity contribution in [3.63, 3.8) is 0 Å². The molecule has 0 spiro atoms. The normalized spacial score (nSPS) is 19.4. The number of nitrogens with one attached hydrogen (secondary N) is 2. The molecule has 2 N–H and O–H groups in total. The quantitative estimate of drug-likeness (QED) is 0.409. The van der Waals surface area contributed by atoms with Gasteiger partial charge < -0.3 is 20.1 Å². The van der Waals surface area contributed by atoms with Gasteiger partial charge in [-0.25, -0.2) is 0 Å². The van der Waals surface area contributed by atoms with E-state index in [-0.39, 0.29) is 11.7 Å². The van der Waals surface area contributed by atoms with Crippen molar-refractivity contribution < 1.29 is 14.3 Å². The van der Waals surface area contributed by atoms with Crippen LogP contribution < -0.4 is 20.1 Å².